The zero-order valence-electron chi connectivity index (χ0n) is 10.5. The third-order valence-corrected chi connectivity index (χ3v) is 4.96. The van der Waals surface area contributed by atoms with Crippen molar-refractivity contribution in [3.05, 3.63) is 28.8 Å². The minimum absolute atomic E-state index is 0.668. The van der Waals surface area contributed by atoms with E-state index in [0.29, 0.717) is 5.41 Å². The van der Waals surface area contributed by atoms with E-state index >= 15 is 0 Å². The van der Waals surface area contributed by atoms with Gasteiger partial charge in [0.2, 0.25) is 0 Å². The molecule has 1 saturated carbocycles. The van der Waals surface area contributed by atoms with Crippen LogP contribution in [0.25, 0.3) is 0 Å². The Morgan fingerprint density at radius 1 is 1.29 bits per heavy atom. The van der Waals surface area contributed by atoms with Gasteiger partial charge in [0.25, 0.3) is 0 Å². The van der Waals surface area contributed by atoms with Gasteiger partial charge in [-0.25, -0.2) is 0 Å². The fourth-order valence-electron chi connectivity index (χ4n) is 4.15. The lowest BCUT2D eigenvalue weighted by atomic mass is 9.71. The van der Waals surface area contributed by atoms with Gasteiger partial charge in [-0.3, -0.25) is 0 Å². The van der Waals surface area contributed by atoms with Crippen LogP contribution in [0.1, 0.15) is 41.9 Å². The molecule has 0 bridgehead atoms. The Labute approximate surface area is 103 Å². The van der Waals surface area contributed by atoms with Crippen LogP contribution in [0.3, 0.4) is 0 Å². The molecule has 2 heteroatoms. The lowest BCUT2D eigenvalue weighted by molar-refractivity contribution is 0.240. The molecule has 1 fully saturated rings. The monoisotopic (exact) mass is 228 g/mol. The van der Waals surface area contributed by atoms with Crippen molar-refractivity contribution in [3.8, 4) is 0 Å². The number of rotatable bonds is 0. The van der Waals surface area contributed by atoms with Crippen LogP contribution in [-0.2, 0) is 13.0 Å². The zero-order chi connectivity index (χ0) is 11.6. The molecule has 0 saturated heterocycles. The number of hydrogen-bond acceptors (Lipinski definition) is 2. The molecule has 1 heterocycles. The molecule has 0 unspecified atom stereocenters. The summed E-state index contributed by atoms with van der Waals surface area (Å²) in [7, 11) is 2.24. The minimum atomic E-state index is 0.668. The summed E-state index contributed by atoms with van der Waals surface area (Å²) in [6, 6.07) is 4.45. The largest absolute Gasteiger partial charge is 0.399 e. The van der Waals surface area contributed by atoms with Crippen molar-refractivity contribution in [2.45, 2.75) is 38.1 Å². The molecule has 1 spiro atoms. The van der Waals surface area contributed by atoms with E-state index in [1.54, 1.807) is 11.1 Å². The second-order valence-corrected chi connectivity index (χ2v) is 6.53. The fraction of sp³-hybridized carbons (Fsp3) is 0.600. The standard InChI is InChI=1S/C15H20N2/c1-17-8-11-5-13(16)4-10-6-15(2-3-15)7-12(9-17)14(10)11/h4-5,12H,2-3,6-9,16H2,1H3/t12-/m1/s1. The van der Waals surface area contributed by atoms with Gasteiger partial charge in [0.15, 0.2) is 0 Å². The molecule has 1 aliphatic heterocycles. The van der Waals surface area contributed by atoms with Crippen molar-refractivity contribution in [1.29, 1.82) is 0 Å². The second-order valence-electron chi connectivity index (χ2n) is 6.53. The Hall–Kier alpha value is -1.02. The van der Waals surface area contributed by atoms with Gasteiger partial charge in [0.1, 0.15) is 0 Å². The van der Waals surface area contributed by atoms with E-state index in [0.717, 1.165) is 18.2 Å². The Balaban J connectivity index is 1.89. The molecule has 2 aliphatic carbocycles. The molecule has 1 atom stereocenters. The van der Waals surface area contributed by atoms with Crippen LogP contribution in [0.15, 0.2) is 12.1 Å². The fourth-order valence-corrected chi connectivity index (χ4v) is 4.15. The highest BCUT2D eigenvalue weighted by atomic mass is 15.1. The molecule has 4 rings (SSSR count). The van der Waals surface area contributed by atoms with E-state index in [1.165, 1.54) is 37.8 Å². The Morgan fingerprint density at radius 2 is 2.06 bits per heavy atom. The molecule has 1 aromatic carbocycles. The molecule has 0 radical (unpaired) electrons. The van der Waals surface area contributed by atoms with Gasteiger partial charge in [0.05, 0.1) is 0 Å². The van der Waals surface area contributed by atoms with Gasteiger partial charge in [0, 0.05) is 18.8 Å². The molecule has 1 aromatic rings. The smallest absolute Gasteiger partial charge is 0.0320 e. The van der Waals surface area contributed by atoms with E-state index in [1.807, 2.05) is 0 Å². The van der Waals surface area contributed by atoms with Gasteiger partial charge in [-0.05, 0) is 72.9 Å². The van der Waals surface area contributed by atoms with E-state index in [-0.39, 0.29) is 0 Å². The van der Waals surface area contributed by atoms with E-state index < -0.39 is 0 Å². The summed E-state index contributed by atoms with van der Waals surface area (Å²) in [5.74, 6) is 0.774. The number of nitrogens with zero attached hydrogens (tertiary/aromatic N) is 1. The first-order valence-corrected chi connectivity index (χ1v) is 6.75. The van der Waals surface area contributed by atoms with Crippen molar-refractivity contribution in [1.82, 2.24) is 4.90 Å². The van der Waals surface area contributed by atoms with Crippen molar-refractivity contribution < 1.29 is 0 Å². The maximum Gasteiger partial charge on any atom is 0.0320 e. The quantitative estimate of drug-likeness (QED) is 0.691. The number of likely N-dealkylation sites (N-methyl/N-ethyl adjacent to an activating group) is 1. The summed E-state index contributed by atoms with van der Waals surface area (Å²) in [6.45, 7) is 2.32. The van der Waals surface area contributed by atoms with Gasteiger partial charge >= 0.3 is 0 Å². The predicted octanol–water partition coefficient (Wildman–Crippen LogP) is 2.52. The highest BCUT2D eigenvalue weighted by molar-refractivity contribution is 5.53. The predicted molar refractivity (Wildman–Crippen MR) is 69.9 cm³/mol. The summed E-state index contributed by atoms with van der Waals surface area (Å²) in [6.07, 6.45) is 5.59. The molecular weight excluding hydrogens is 208 g/mol. The lowest BCUT2D eigenvalue weighted by Crippen LogP contribution is -2.35. The van der Waals surface area contributed by atoms with Crippen molar-refractivity contribution in [2.75, 3.05) is 19.3 Å². The van der Waals surface area contributed by atoms with E-state index in [2.05, 4.69) is 24.1 Å². The third-order valence-electron chi connectivity index (χ3n) is 4.96. The van der Waals surface area contributed by atoms with Crippen molar-refractivity contribution in [3.63, 3.8) is 0 Å². The van der Waals surface area contributed by atoms with Crippen LogP contribution in [-0.4, -0.2) is 18.5 Å². The molecule has 2 nitrogen and oxygen atoms in total. The van der Waals surface area contributed by atoms with Crippen LogP contribution in [0.4, 0.5) is 5.69 Å². The second kappa shape index (κ2) is 3.05. The van der Waals surface area contributed by atoms with Crippen LogP contribution in [0.5, 0.6) is 0 Å². The Kier molecular flexibility index (Phi) is 1.79. The molecule has 3 aliphatic rings. The Bertz CT molecular complexity index is 488. The maximum atomic E-state index is 6.06. The SMILES string of the molecule is CN1Cc2cc(N)cc3c2[C@@H](C1)CC1(CC1)C3. The van der Waals surface area contributed by atoms with E-state index in [9.17, 15) is 0 Å². The van der Waals surface area contributed by atoms with Crippen LogP contribution in [0.2, 0.25) is 0 Å². The van der Waals surface area contributed by atoms with Gasteiger partial charge in [-0.1, -0.05) is 0 Å². The summed E-state index contributed by atoms with van der Waals surface area (Å²) >= 11 is 0. The number of nitrogen functional groups attached to an aromatic ring is 1. The number of benzene rings is 1. The normalized spacial score (nSPS) is 29.1. The number of anilines is 1. The first-order valence-electron chi connectivity index (χ1n) is 6.75. The van der Waals surface area contributed by atoms with E-state index in [4.69, 9.17) is 5.73 Å². The average Bonchev–Trinajstić information content (AvgIpc) is 2.94. The van der Waals surface area contributed by atoms with Crippen molar-refractivity contribution >= 4 is 5.69 Å². The molecular formula is C15H20N2. The Morgan fingerprint density at radius 3 is 2.82 bits per heavy atom. The lowest BCUT2D eigenvalue weighted by Gasteiger charge is -2.40. The van der Waals surface area contributed by atoms with Crippen molar-refractivity contribution in [2.24, 2.45) is 5.41 Å². The van der Waals surface area contributed by atoms with Gasteiger partial charge in [-0.2, -0.15) is 0 Å². The third kappa shape index (κ3) is 1.43. The average molecular weight is 228 g/mol. The molecule has 0 amide bonds. The topological polar surface area (TPSA) is 29.3 Å². The molecule has 90 valence electrons. The molecule has 2 N–H and O–H groups in total. The molecule has 17 heavy (non-hydrogen) atoms. The zero-order valence-corrected chi connectivity index (χ0v) is 10.5. The summed E-state index contributed by atoms with van der Waals surface area (Å²) < 4.78 is 0. The number of hydrogen-bond donors (Lipinski definition) is 1. The first kappa shape index (κ1) is 9.95. The first-order chi connectivity index (χ1) is 8.15. The highest BCUT2D eigenvalue weighted by Crippen LogP contribution is 2.59. The number of nitrogens with two attached hydrogens (primary N) is 1. The van der Waals surface area contributed by atoms with Gasteiger partial charge < -0.3 is 10.6 Å². The highest BCUT2D eigenvalue weighted by Gasteiger charge is 2.49. The van der Waals surface area contributed by atoms with Gasteiger partial charge in [-0.15, -0.1) is 0 Å². The van der Waals surface area contributed by atoms with Crippen LogP contribution < -0.4 is 5.73 Å². The van der Waals surface area contributed by atoms with Crippen LogP contribution in [0, 0.1) is 5.41 Å². The minimum Gasteiger partial charge on any atom is -0.399 e. The maximum absolute atomic E-state index is 6.06. The summed E-state index contributed by atoms with van der Waals surface area (Å²) in [5.41, 5.74) is 12.4. The van der Waals surface area contributed by atoms with Crippen LogP contribution >= 0.6 is 0 Å². The summed E-state index contributed by atoms with van der Waals surface area (Å²) in [5, 5.41) is 0. The summed E-state index contributed by atoms with van der Waals surface area (Å²) in [4.78, 5) is 2.46. The molecule has 0 aromatic heterocycles.